The van der Waals surface area contributed by atoms with Gasteiger partial charge in [0.05, 0.1) is 10.7 Å². The summed E-state index contributed by atoms with van der Waals surface area (Å²) in [6, 6.07) is 22.9. The smallest absolute Gasteiger partial charge is 0.266 e. The van der Waals surface area contributed by atoms with E-state index in [0.717, 1.165) is 5.56 Å². The zero-order valence-electron chi connectivity index (χ0n) is 17.3. The van der Waals surface area contributed by atoms with Gasteiger partial charge in [-0.3, -0.25) is 9.59 Å². The van der Waals surface area contributed by atoms with Crippen LogP contribution >= 0.6 is 11.6 Å². The molecule has 160 valence electrons. The number of carbonyl (C=O) groups is 2. The average Bonchev–Trinajstić information content (AvgIpc) is 2.79. The maximum atomic E-state index is 12.5. The Kier molecular flexibility index (Phi) is 7.63. The Bertz CT molecular complexity index is 1210. The lowest BCUT2D eigenvalue weighted by atomic mass is 10.1. The van der Waals surface area contributed by atoms with Gasteiger partial charge < -0.3 is 15.4 Å². The number of nitrogens with zero attached hydrogens (tertiary/aromatic N) is 1. The maximum absolute atomic E-state index is 12.5. The van der Waals surface area contributed by atoms with E-state index in [-0.39, 0.29) is 18.1 Å². The Balaban J connectivity index is 1.72. The molecule has 32 heavy (non-hydrogen) atoms. The first-order chi connectivity index (χ1) is 15.5. The van der Waals surface area contributed by atoms with Crippen LogP contribution in [0, 0.1) is 18.3 Å². The van der Waals surface area contributed by atoms with Crippen LogP contribution in [0.5, 0.6) is 5.75 Å². The fraction of sp³-hybridized carbons (Fsp3) is 0.0800. The number of amides is 2. The molecule has 3 aromatic carbocycles. The summed E-state index contributed by atoms with van der Waals surface area (Å²) in [4.78, 5) is 24.8. The molecule has 0 heterocycles. The quantitative estimate of drug-likeness (QED) is 0.385. The molecule has 0 aliphatic rings. The summed E-state index contributed by atoms with van der Waals surface area (Å²) in [6.45, 7) is 1.67. The third kappa shape index (κ3) is 5.97. The van der Waals surface area contributed by atoms with Crippen molar-refractivity contribution in [2.75, 3.05) is 17.2 Å². The van der Waals surface area contributed by atoms with Gasteiger partial charge in [-0.25, -0.2) is 0 Å². The number of hydrogen-bond donors (Lipinski definition) is 2. The average molecular weight is 446 g/mol. The summed E-state index contributed by atoms with van der Waals surface area (Å²) in [5, 5.41) is 15.3. The molecule has 0 aliphatic heterocycles. The molecule has 0 aliphatic carbocycles. The number of nitriles is 1. The molecule has 0 aromatic heterocycles. The molecular formula is C25H20ClN3O3. The van der Waals surface area contributed by atoms with Crippen molar-refractivity contribution in [1.29, 1.82) is 5.26 Å². The van der Waals surface area contributed by atoms with E-state index in [0.29, 0.717) is 27.7 Å². The van der Waals surface area contributed by atoms with Gasteiger partial charge >= 0.3 is 0 Å². The Labute approximate surface area is 191 Å². The van der Waals surface area contributed by atoms with E-state index in [9.17, 15) is 14.9 Å². The number of ether oxygens (including phenoxy) is 1. The van der Waals surface area contributed by atoms with Crippen LogP contribution in [0.4, 0.5) is 11.4 Å². The van der Waals surface area contributed by atoms with Crippen molar-refractivity contribution < 1.29 is 14.3 Å². The van der Waals surface area contributed by atoms with Crippen LogP contribution in [0.25, 0.3) is 6.08 Å². The molecule has 0 saturated carbocycles. The molecule has 0 saturated heterocycles. The fourth-order valence-corrected chi connectivity index (χ4v) is 3.01. The topological polar surface area (TPSA) is 91.2 Å². The normalized spacial score (nSPS) is 10.7. The summed E-state index contributed by atoms with van der Waals surface area (Å²) in [5.74, 6) is -0.562. The second kappa shape index (κ2) is 10.8. The summed E-state index contributed by atoms with van der Waals surface area (Å²) < 4.78 is 5.65. The molecular weight excluding hydrogens is 426 g/mol. The van der Waals surface area contributed by atoms with Gasteiger partial charge in [-0.05, 0) is 42.8 Å². The first-order valence-electron chi connectivity index (χ1n) is 9.73. The van der Waals surface area contributed by atoms with Crippen LogP contribution < -0.4 is 15.4 Å². The molecule has 2 N–H and O–H groups in total. The highest BCUT2D eigenvalue weighted by atomic mass is 35.5. The van der Waals surface area contributed by atoms with Crippen LogP contribution in [-0.2, 0) is 9.59 Å². The minimum Gasteiger partial charge on any atom is -0.483 e. The van der Waals surface area contributed by atoms with Crippen molar-refractivity contribution in [2.45, 2.75) is 6.92 Å². The highest BCUT2D eigenvalue weighted by Crippen LogP contribution is 2.24. The van der Waals surface area contributed by atoms with Crippen molar-refractivity contribution in [1.82, 2.24) is 0 Å². The molecule has 0 radical (unpaired) electrons. The monoisotopic (exact) mass is 445 g/mol. The number of rotatable bonds is 7. The largest absolute Gasteiger partial charge is 0.483 e. The maximum Gasteiger partial charge on any atom is 0.266 e. The lowest BCUT2D eigenvalue weighted by Crippen LogP contribution is -2.20. The standard InChI is InChI=1S/C25H20ClN3O3/c1-17-8-2-5-11-21(17)28-24(30)16-32-23-13-7-3-9-18(23)14-19(15-27)25(31)29-22-12-6-4-10-20(22)26/h2-14H,16H2,1H3,(H,28,30)(H,29,31)/b19-14+. The van der Waals surface area contributed by atoms with Gasteiger partial charge in [-0.1, -0.05) is 60.1 Å². The number of halogens is 1. The van der Waals surface area contributed by atoms with Crippen LogP contribution in [0.15, 0.2) is 78.4 Å². The first kappa shape index (κ1) is 22.6. The number of nitrogens with one attached hydrogen (secondary N) is 2. The number of anilines is 2. The third-order valence-corrected chi connectivity index (χ3v) is 4.81. The van der Waals surface area contributed by atoms with Crippen molar-refractivity contribution in [2.24, 2.45) is 0 Å². The fourth-order valence-electron chi connectivity index (χ4n) is 2.83. The van der Waals surface area contributed by atoms with Gasteiger partial charge in [0, 0.05) is 11.3 Å². The van der Waals surface area contributed by atoms with Gasteiger partial charge in [0.15, 0.2) is 6.61 Å². The first-order valence-corrected chi connectivity index (χ1v) is 10.1. The SMILES string of the molecule is Cc1ccccc1NC(=O)COc1ccccc1/C=C(\C#N)C(=O)Nc1ccccc1Cl. The van der Waals surface area contributed by atoms with E-state index >= 15 is 0 Å². The summed E-state index contributed by atoms with van der Waals surface area (Å²) in [5.41, 5.74) is 2.40. The Hall–Kier alpha value is -4.08. The second-order valence-corrected chi connectivity index (χ2v) is 7.20. The van der Waals surface area contributed by atoms with Gasteiger partial charge in [0.25, 0.3) is 11.8 Å². The van der Waals surface area contributed by atoms with Gasteiger partial charge in [0.2, 0.25) is 0 Å². The van der Waals surface area contributed by atoms with Gasteiger partial charge in [0.1, 0.15) is 17.4 Å². The van der Waals surface area contributed by atoms with E-state index in [4.69, 9.17) is 16.3 Å². The zero-order valence-corrected chi connectivity index (χ0v) is 18.0. The zero-order chi connectivity index (χ0) is 22.9. The minimum absolute atomic E-state index is 0.134. The highest BCUT2D eigenvalue weighted by Gasteiger charge is 2.13. The van der Waals surface area contributed by atoms with Crippen molar-refractivity contribution in [3.63, 3.8) is 0 Å². The molecule has 6 nitrogen and oxygen atoms in total. The summed E-state index contributed by atoms with van der Waals surface area (Å²) in [7, 11) is 0. The number of aryl methyl sites for hydroxylation is 1. The Morgan fingerprint density at radius 1 is 0.969 bits per heavy atom. The van der Waals surface area contributed by atoms with E-state index in [1.54, 1.807) is 54.6 Å². The van der Waals surface area contributed by atoms with Crippen LogP contribution in [0.2, 0.25) is 5.02 Å². The molecule has 0 bridgehead atoms. The van der Waals surface area contributed by atoms with Crippen LogP contribution in [0.3, 0.4) is 0 Å². The Morgan fingerprint density at radius 3 is 2.34 bits per heavy atom. The third-order valence-electron chi connectivity index (χ3n) is 4.48. The Morgan fingerprint density at radius 2 is 1.62 bits per heavy atom. The molecule has 3 rings (SSSR count). The number of carbonyl (C=O) groups excluding carboxylic acids is 2. The number of hydrogen-bond acceptors (Lipinski definition) is 4. The van der Waals surface area contributed by atoms with Gasteiger partial charge in [-0.2, -0.15) is 5.26 Å². The van der Waals surface area contributed by atoms with Crippen molar-refractivity contribution in [3.8, 4) is 11.8 Å². The van der Waals surface area contributed by atoms with E-state index in [1.807, 2.05) is 31.2 Å². The molecule has 0 unspecified atom stereocenters. The van der Waals surface area contributed by atoms with Crippen molar-refractivity contribution in [3.05, 3.63) is 94.5 Å². The van der Waals surface area contributed by atoms with Gasteiger partial charge in [-0.15, -0.1) is 0 Å². The molecule has 0 spiro atoms. The van der Waals surface area contributed by atoms with E-state index in [1.165, 1.54) is 6.08 Å². The van der Waals surface area contributed by atoms with Crippen LogP contribution in [0.1, 0.15) is 11.1 Å². The van der Waals surface area contributed by atoms with Crippen LogP contribution in [-0.4, -0.2) is 18.4 Å². The lowest BCUT2D eigenvalue weighted by molar-refractivity contribution is -0.118. The highest BCUT2D eigenvalue weighted by molar-refractivity contribution is 6.34. The molecule has 3 aromatic rings. The van der Waals surface area contributed by atoms with Crippen molar-refractivity contribution >= 4 is 40.9 Å². The molecule has 7 heteroatoms. The summed E-state index contributed by atoms with van der Waals surface area (Å²) in [6.07, 6.45) is 1.40. The predicted octanol–water partition coefficient (Wildman–Crippen LogP) is 5.21. The molecule has 0 atom stereocenters. The lowest BCUT2D eigenvalue weighted by Gasteiger charge is -2.11. The second-order valence-electron chi connectivity index (χ2n) is 6.79. The number of benzene rings is 3. The summed E-state index contributed by atoms with van der Waals surface area (Å²) >= 11 is 6.07. The molecule has 2 amide bonds. The van der Waals surface area contributed by atoms with E-state index < -0.39 is 5.91 Å². The molecule has 0 fully saturated rings. The van der Waals surface area contributed by atoms with E-state index in [2.05, 4.69) is 10.6 Å². The minimum atomic E-state index is -0.604. The predicted molar refractivity (Wildman–Crippen MR) is 125 cm³/mol. The number of para-hydroxylation sites is 3.